The van der Waals surface area contributed by atoms with E-state index in [0.717, 1.165) is 0 Å². The Labute approximate surface area is 95.9 Å². The Bertz CT molecular complexity index is 329. The Morgan fingerprint density at radius 3 is 2.62 bits per heavy atom. The van der Waals surface area contributed by atoms with E-state index in [1.807, 2.05) is 20.8 Å². The molecular weight excluding hydrogens is 206 g/mol. The number of hydrogen-bond acceptors (Lipinski definition) is 4. The summed E-state index contributed by atoms with van der Waals surface area (Å²) in [5, 5.41) is 2.99. The zero-order chi connectivity index (χ0) is 12.3. The smallest absolute Gasteiger partial charge is 0.411 e. The molecule has 0 saturated carbocycles. The lowest BCUT2D eigenvalue weighted by molar-refractivity contribution is 0.0241. The molecule has 1 heterocycles. The number of nitrogens with two attached hydrogens (primary N) is 1. The van der Waals surface area contributed by atoms with E-state index in [2.05, 4.69) is 5.32 Å². The third kappa shape index (κ3) is 3.49. The monoisotopic (exact) mass is 225 g/mol. The highest BCUT2D eigenvalue weighted by molar-refractivity contribution is 5.68. The van der Waals surface area contributed by atoms with E-state index in [4.69, 9.17) is 10.5 Å². The molecule has 0 saturated heterocycles. The zero-order valence-corrected chi connectivity index (χ0v) is 10.2. The van der Waals surface area contributed by atoms with Crippen molar-refractivity contribution in [2.45, 2.75) is 32.5 Å². The van der Waals surface area contributed by atoms with Crippen molar-refractivity contribution in [2.24, 2.45) is 5.73 Å². The molecule has 0 aromatic rings. The molecular formula is C11H19N3O2. The van der Waals surface area contributed by atoms with Gasteiger partial charge in [0, 0.05) is 18.9 Å². The third-order valence-electron chi connectivity index (χ3n) is 1.99. The number of carbonyl (C=O) groups is 1. The first kappa shape index (κ1) is 12.4. The van der Waals surface area contributed by atoms with Crippen LogP contribution in [0.3, 0.4) is 0 Å². The molecule has 90 valence electrons. The van der Waals surface area contributed by atoms with Crippen LogP contribution in [0.4, 0.5) is 4.79 Å². The summed E-state index contributed by atoms with van der Waals surface area (Å²) in [6.07, 6.45) is 4.62. The number of rotatable bonds is 1. The van der Waals surface area contributed by atoms with Crippen LogP contribution >= 0.6 is 0 Å². The van der Waals surface area contributed by atoms with Gasteiger partial charge in [-0.15, -0.1) is 0 Å². The lowest BCUT2D eigenvalue weighted by atomic mass is 10.2. The van der Waals surface area contributed by atoms with Crippen molar-refractivity contribution in [3.05, 3.63) is 24.0 Å². The van der Waals surface area contributed by atoms with Crippen molar-refractivity contribution in [3.8, 4) is 0 Å². The van der Waals surface area contributed by atoms with Crippen LogP contribution in [0.25, 0.3) is 0 Å². The van der Waals surface area contributed by atoms with Gasteiger partial charge in [-0.3, -0.25) is 4.90 Å². The fourth-order valence-corrected chi connectivity index (χ4v) is 1.18. The number of likely N-dealkylation sites (N-methyl/N-ethyl adjacent to an activating group) is 1. The van der Waals surface area contributed by atoms with E-state index in [1.54, 1.807) is 25.4 Å². The van der Waals surface area contributed by atoms with E-state index >= 15 is 0 Å². The average molecular weight is 225 g/mol. The molecule has 1 amide bonds. The van der Waals surface area contributed by atoms with Gasteiger partial charge in [-0.25, -0.2) is 4.79 Å². The quantitative estimate of drug-likeness (QED) is 0.702. The van der Waals surface area contributed by atoms with Crippen LogP contribution < -0.4 is 11.1 Å². The summed E-state index contributed by atoms with van der Waals surface area (Å²) < 4.78 is 5.24. The summed E-state index contributed by atoms with van der Waals surface area (Å²) in [6, 6.07) is 0. The maximum absolute atomic E-state index is 11.7. The second-order valence-corrected chi connectivity index (χ2v) is 4.71. The number of dihydropyridines is 1. The van der Waals surface area contributed by atoms with Gasteiger partial charge in [-0.05, 0) is 32.9 Å². The Morgan fingerprint density at radius 1 is 1.56 bits per heavy atom. The van der Waals surface area contributed by atoms with Crippen molar-refractivity contribution >= 4 is 6.09 Å². The fraction of sp³-hybridized carbons (Fsp3) is 0.545. The molecule has 0 radical (unpaired) electrons. The molecule has 0 fully saturated rings. The van der Waals surface area contributed by atoms with Gasteiger partial charge in [0.25, 0.3) is 0 Å². The molecule has 1 aliphatic rings. The molecule has 0 aliphatic carbocycles. The van der Waals surface area contributed by atoms with Crippen molar-refractivity contribution < 1.29 is 9.53 Å². The van der Waals surface area contributed by atoms with Crippen LogP contribution in [0.1, 0.15) is 20.8 Å². The van der Waals surface area contributed by atoms with Gasteiger partial charge in [0.2, 0.25) is 0 Å². The topological polar surface area (TPSA) is 67.6 Å². The number of allylic oxidation sites excluding steroid dienone is 1. The normalized spacial score (nSPS) is 19.8. The molecule has 0 aromatic heterocycles. The Morgan fingerprint density at radius 2 is 2.19 bits per heavy atom. The minimum absolute atomic E-state index is 0.220. The molecule has 0 spiro atoms. The minimum atomic E-state index is -0.488. The van der Waals surface area contributed by atoms with Crippen LogP contribution in [-0.2, 0) is 4.74 Å². The molecule has 1 rings (SSSR count). The summed E-state index contributed by atoms with van der Waals surface area (Å²) in [4.78, 5) is 13.2. The van der Waals surface area contributed by atoms with Crippen molar-refractivity contribution in [1.82, 2.24) is 10.2 Å². The van der Waals surface area contributed by atoms with Crippen molar-refractivity contribution in [2.75, 3.05) is 7.05 Å². The highest BCUT2D eigenvalue weighted by atomic mass is 16.6. The number of nitrogens with one attached hydrogen (secondary N) is 1. The molecule has 1 aliphatic heterocycles. The highest BCUT2D eigenvalue weighted by Gasteiger charge is 2.24. The van der Waals surface area contributed by atoms with Crippen LogP contribution in [0.15, 0.2) is 24.0 Å². The second-order valence-electron chi connectivity index (χ2n) is 4.71. The van der Waals surface area contributed by atoms with Gasteiger partial charge < -0.3 is 15.8 Å². The van der Waals surface area contributed by atoms with Crippen molar-refractivity contribution in [3.63, 3.8) is 0 Å². The largest absolute Gasteiger partial charge is 0.444 e. The van der Waals surface area contributed by atoms with Crippen LogP contribution in [0.2, 0.25) is 0 Å². The summed E-state index contributed by atoms with van der Waals surface area (Å²) in [5.74, 6) is 0. The van der Waals surface area contributed by atoms with Gasteiger partial charge in [0.15, 0.2) is 0 Å². The maximum Gasteiger partial charge on any atom is 0.411 e. The maximum atomic E-state index is 11.7. The van der Waals surface area contributed by atoms with Gasteiger partial charge in [0.1, 0.15) is 11.8 Å². The number of hydrogen-bond donors (Lipinski definition) is 2. The number of amides is 1. The first-order chi connectivity index (χ1) is 7.29. The first-order valence-electron chi connectivity index (χ1n) is 5.15. The lowest BCUT2D eigenvalue weighted by Gasteiger charge is -2.30. The molecule has 5 nitrogen and oxygen atoms in total. The SMILES string of the molecule is CN(C(=O)OC(C)(C)C)C1C=CC(N)=CN1. The number of ether oxygens (including phenoxy) is 1. The van der Waals surface area contributed by atoms with Gasteiger partial charge in [0.05, 0.1) is 0 Å². The van der Waals surface area contributed by atoms with E-state index in [1.165, 1.54) is 4.90 Å². The first-order valence-corrected chi connectivity index (χ1v) is 5.15. The molecule has 16 heavy (non-hydrogen) atoms. The van der Waals surface area contributed by atoms with E-state index in [-0.39, 0.29) is 12.3 Å². The zero-order valence-electron chi connectivity index (χ0n) is 10.2. The molecule has 0 aromatic carbocycles. The van der Waals surface area contributed by atoms with Crippen LogP contribution in [0, 0.1) is 0 Å². The minimum Gasteiger partial charge on any atom is -0.444 e. The van der Waals surface area contributed by atoms with Gasteiger partial charge in [-0.1, -0.05) is 0 Å². The second kappa shape index (κ2) is 4.47. The third-order valence-corrected chi connectivity index (χ3v) is 1.99. The molecule has 3 N–H and O–H groups in total. The molecule has 0 bridgehead atoms. The Hall–Kier alpha value is -1.65. The van der Waals surface area contributed by atoms with E-state index in [9.17, 15) is 4.79 Å². The van der Waals surface area contributed by atoms with Crippen LogP contribution in [-0.4, -0.2) is 29.8 Å². The fourth-order valence-electron chi connectivity index (χ4n) is 1.18. The predicted octanol–water partition coefficient (Wildman–Crippen LogP) is 1.14. The summed E-state index contributed by atoms with van der Waals surface area (Å²) in [5.41, 5.74) is 5.70. The summed E-state index contributed by atoms with van der Waals surface area (Å²) >= 11 is 0. The van der Waals surface area contributed by atoms with E-state index in [0.29, 0.717) is 5.70 Å². The highest BCUT2D eigenvalue weighted by Crippen LogP contribution is 2.11. The van der Waals surface area contributed by atoms with Gasteiger partial charge >= 0.3 is 6.09 Å². The number of carbonyl (C=O) groups excluding carboxylic acids is 1. The number of nitrogens with zero attached hydrogens (tertiary/aromatic N) is 1. The predicted molar refractivity (Wildman–Crippen MR) is 62.3 cm³/mol. The van der Waals surface area contributed by atoms with Crippen LogP contribution in [0.5, 0.6) is 0 Å². The standard InChI is InChI=1S/C11H19N3O2/c1-11(2,3)16-10(15)14(4)9-6-5-8(12)7-13-9/h5-7,9,13H,12H2,1-4H3. The Balaban J connectivity index is 2.56. The molecule has 1 atom stereocenters. The average Bonchev–Trinajstić information content (AvgIpc) is 2.15. The summed E-state index contributed by atoms with van der Waals surface area (Å²) in [6.45, 7) is 5.50. The summed E-state index contributed by atoms with van der Waals surface area (Å²) in [7, 11) is 1.67. The Kier molecular flexibility index (Phi) is 3.47. The van der Waals surface area contributed by atoms with Crippen molar-refractivity contribution in [1.29, 1.82) is 0 Å². The lowest BCUT2D eigenvalue weighted by Crippen LogP contribution is -2.46. The molecule has 5 heteroatoms. The van der Waals surface area contributed by atoms with Gasteiger partial charge in [-0.2, -0.15) is 0 Å². The molecule has 1 unspecified atom stereocenters. The van der Waals surface area contributed by atoms with E-state index < -0.39 is 5.60 Å².